The van der Waals surface area contributed by atoms with Crippen LogP contribution in [0.1, 0.15) is 13.0 Å². The number of hydrogen-bond acceptors (Lipinski definition) is 5. The lowest BCUT2D eigenvalue weighted by Gasteiger charge is -2.14. The molecule has 0 aliphatic rings. The molecule has 2 N–H and O–H groups in total. The Morgan fingerprint density at radius 3 is 2.74 bits per heavy atom. The first-order chi connectivity index (χ1) is 8.83. The van der Waals surface area contributed by atoms with Gasteiger partial charge in [-0.25, -0.2) is 13.4 Å². The van der Waals surface area contributed by atoms with Crippen LogP contribution in [0.5, 0.6) is 5.75 Å². The summed E-state index contributed by atoms with van der Waals surface area (Å²) in [6, 6.07) is 5.18. The molecule has 7 heteroatoms. The van der Waals surface area contributed by atoms with Crippen LogP contribution in [-0.2, 0) is 9.84 Å². The van der Waals surface area contributed by atoms with Crippen molar-refractivity contribution in [3.05, 3.63) is 18.2 Å². The molecule has 1 heterocycles. The highest BCUT2D eigenvalue weighted by molar-refractivity contribution is 7.90. The molecule has 0 fully saturated rings. The molecule has 1 aromatic heterocycles. The van der Waals surface area contributed by atoms with Crippen molar-refractivity contribution < 1.29 is 13.2 Å². The largest absolute Gasteiger partial charge is 0.494 e. The Bertz CT molecular complexity index is 706. The number of sulfone groups is 1. The van der Waals surface area contributed by atoms with E-state index in [0.717, 1.165) is 5.52 Å². The van der Waals surface area contributed by atoms with Crippen molar-refractivity contribution in [2.45, 2.75) is 13.0 Å². The number of benzene rings is 1. The van der Waals surface area contributed by atoms with Gasteiger partial charge in [-0.05, 0) is 19.1 Å². The van der Waals surface area contributed by atoms with Gasteiger partial charge in [-0.1, -0.05) is 6.07 Å². The maximum atomic E-state index is 11.4. The highest BCUT2D eigenvalue weighted by atomic mass is 32.2. The third-order valence-electron chi connectivity index (χ3n) is 2.92. The van der Waals surface area contributed by atoms with Crippen molar-refractivity contribution in [3.8, 4) is 5.75 Å². The molecule has 0 saturated heterocycles. The van der Waals surface area contributed by atoms with Gasteiger partial charge in [-0.15, -0.1) is 0 Å². The zero-order valence-corrected chi connectivity index (χ0v) is 11.9. The number of anilines is 1. The third kappa shape index (κ3) is 2.65. The lowest BCUT2D eigenvalue weighted by atomic mass is 10.2. The summed E-state index contributed by atoms with van der Waals surface area (Å²) >= 11 is 0. The number of nitrogen functional groups attached to an aromatic ring is 1. The van der Waals surface area contributed by atoms with Gasteiger partial charge in [0, 0.05) is 12.3 Å². The average molecular weight is 283 g/mol. The Morgan fingerprint density at radius 2 is 2.16 bits per heavy atom. The number of nitrogens with zero attached hydrogens (tertiary/aromatic N) is 2. The smallest absolute Gasteiger partial charge is 0.201 e. The van der Waals surface area contributed by atoms with Crippen molar-refractivity contribution in [2.24, 2.45) is 0 Å². The molecule has 2 rings (SSSR count). The molecule has 0 radical (unpaired) electrons. The van der Waals surface area contributed by atoms with Crippen LogP contribution in [-0.4, -0.2) is 37.1 Å². The van der Waals surface area contributed by atoms with Crippen LogP contribution >= 0.6 is 0 Å². The van der Waals surface area contributed by atoms with Gasteiger partial charge in [0.05, 0.1) is 18.4 Å². The molecule has 19 heavy (non-hydrogen) atoms. The number of para-hydroxylation sites is 1. The number of nitrogens with two attached hydrogens (primary N) is 1. The van der Waals surface area contributed by atoms with E-state index in [4.69, 9.17) is 10.5 Å². The van der Waals surface area contributed by atoms with Gasteiger partial charge in [0.2, 0.25) is 5.95 Å². The van der Waals surface area contributed by atoms with E-state index in [1.807, 2.05) is 12.1 Å². The summed E-state index contributed by atoms with van der Waals surface area (Å²) in [5, 5.41) is 0. The van der Waals surface area contributed by atoms with Gasteiger partial charge in [0.15, 0.2) is 0 Å². The maximum absolute atomic E-state index is 11.4. The molecular formula is C12H17N3O3S. The van der Waals surface area contributed by atoms with Crippen LogP contribution in [0, 0.1) is 0 Å². The summed E-state index contributed by atoms with van der Waals surface area (Å²) in [5.41, 5.74) is 7.31. The Kier molecular flexibility index (Phi) is 3.40. The van der Waals surface area contributed by atoms with Crippen molar-refractivity contribution in [1.29, 1.82) is 0 Å². The maximum Gasteiger partial charge on any atom is 0.201 e. The van der Waals surface area contributed by atoms with Gasteiger partial charge >= 0.3 is 0 Å². The molecule has 0 saturated carbocycles. The first-order valence-electron chi connectivity index (χ1n) is 5.81. The molecular weight excluding hydrogens is 266 g/mol. The van der Waals surface area contributed by atoms with E-state index in [9.17, 15) is 8.42 Å². The predicted octanol–water partition coefficient (Wildman–Crippen LogP) is 1.23. The zero-order chi connectivity index (χ0) is 14.2. The second-order valence-electron chi connectivity index (χ2n) is 4.61. The first-order valence-corrected chi connectivity index (χ1v) is 7.87. The molecule has 1 aromatic carbocycles. The summed E-state index contributed by atoms with van der Waals surface area (Å²) in [7, 11) is -1.53. The summed E-state index contributed by atoms with van der Waals surface area (Å²) in [6.07, 6.45) is 1.21. The van der Waals surface area contributed by atoms with Gasteiger partial charge in [0.25, 0.3) is 0 Å². The fourth-order valence-electron chi connectivity index (χ4n) is 2.25. The van der Waals surface area contributed by atoms with Crippen LogP contribution in [0.4, 0.5) is 5.95 Å². The number of methoxy groups -OCH3 is 1. The molecule has 1 unspecified atom stereocenters. The van der Waals surface area contributed by atoms with Gasteiger partial charge in [-0.2, -0.15) is 0 Å². The average Bonchev–Trinajstić information content (AvgIpc) is 2.62. The monoisotopic (exact) mass is 283 g/mol. The molecule has 0 bridgehead atoms. The molecule has 0 amide bonds. The highest BCUT2D eigenvalue weighted by Gasteiger charge is 2.19. The minimum Gasteiger partial charge on any atom is -0.494 e. The predicted molar refractivity (Wildman–Crippen MR) is 75.1 cm³/mol. The van der Waals surface area contributed by atoms with Crippen molar-refractivity contribution >= 4 is 26.8 Å². The van der Waals surface area contributed by atoms with Gasteiger partial charge < -0.3 is 15.0 Å². The summed E-state index contributed by atoms with van der Waals surface area (Å²) < 4.78 is 29.8. The number of hydrogen-bond donors (Lipinski definition) is 1. The molecule has 0 spiro atoms. The minimum absolute atomic E-state index is 0.0138. The standard InChI is InChI=1S/C12H17N3O3S/c1-8(7-19(3,16)17)15-9-5-4-6-10(18-2)11(9)14-12(15)13/h4-6,8H,7H2,1-3H3,(H2,13,14). The second-order valence-corrected chi connectivity index (χ2v) is 6.79. The van der Waals surface area contributed by atoms with Crippen LogP contribution in [0.15, 0.2) is 18.2 Å². The van der Waals surface area contributed by atoms with Gasteiger partial charge in [0.1, 0.15) is 21.1 Å². The second kappa shape index (κ2) is 4.73. The summed E-state index contributed by atoms with van der Waals surface area (Å²) in [4.78, 5) is 4.26. The van der Waals surface area contributed by atoms with E-state index in [-0.39, 0.29) is 17.7 Å². The van der Waals surface area contributed by atoms with Crippen LogP contribution < -0.4 is 10.5 Å². The zero-order valence-electron chi connectivity index (χ0n) is 11.1. The topological polar surface area (TPSA) is 87.2 Å². The molecule has 1 atom stereocenters. The van der Waals surface area contributed by atoms with Crippen molar-refractivity contribution in [1.82, 2.24) is 9.55 Å². The number of imidazole rings is 1. The van der Waals surface area contributed by atoms with E-state index in [2.05, 4.69) is 4.98 Å². The van der Waals surface area contributed by atoms with Gasteiger partial charge in [-0.3, -0.25) is 0 Å². The third-order valence-corrected chi connectivity index (χ3v) is 4.00. The number of fused-ring (bicyclic) bond motifs is 1. The number of rotatable bonds is 4. The van der Waals surface area contributed by atoms with E-state index >= 15 is 0 Å². The van der Waals surface area contributed by atoms with E-state index in [1.165, 1.54) is 6.26 Å². The number of aromatic nitrogens is 2. The SMILES string of the molecule is COc1cccc2c1nc(N)n2C(C)CS(C)(=O)=O. The molecule has 0 aliphatic heterocycles. The minimum atomic E-state index is -3.09. The first kappa shape index (κ1) is 13.7. The summed E-state index contributed by atoms with van der Waals surface area (Å²) in [6.45, 7) is 1.80. The molecule has 104 valence electrons. The number of ether oxygens (including phenoxy) is 1. The van der Waals surface area contributed by atoms with Crippen LogP contribution in [0.25, 0.3) is 11.0 Å². The quantitative estimate of drug-likeness (QED) is 0.912. The lowest BCUT2D eigenvalue weighted by Crippen LogP contribution is -2.18. The van der Waals surface area contributed by atoms with Crippen molar-refractivity contribution in [3.63, 3.8) is 0 Å². The Labute approximate surface area is 112 Å². The fraction of sp³-hybridized carbons (Fsp3) is 0.417. The molecule has 2 aromatic rings. The highest BCUT2D eigenvalue weighted by Crippen LogP contribution is 2.29. The normalized spacial score (nSPS) is 13.6. The van der Waals surface area contributed by atoms with E-state index in [0.29, 0.717) is 11.3 Å². The molecule has 6 nitrogen and oxygen atoms in total. The summed E-state index contributed by atoms with van der Waals surface area (Å²) in [5.74, 6) is 0.921. The van der Waals surface area contributed by atoms with Crippen molar-refractivity contribution in [2.75, 3.05) is 24.9 Å². The van der Waals surface area contributed by atoms with E-state index < -0.39 is 9.84 Å². The van der Waals surface area contributed by atoms with Crippen LogP contribution in [0.2, 0.25) is 0 Å². The Hall–Kier alpha value is -1.76. The fourth-order valence-corrected chi connectivity index (χ4v) is 3.28. The molecule has 0 aliphatic carbocycles. The van der Waals surface area contributed by atoms with Crippen LogP contribution in [0.3, 0.4) is 0 Å². The van der Waals surface area contributed by atoms with E-state index in [1.54, 1.807) is 24.7 Å². The lowest BCUT2D eigenvalue weighted by molar-refractivity contribution is 0.419. The Morgan fingerprint density at radius 1 is 1.47 bits per heavy atom. The Balaban J connectivity index is 2.58.